The number of hydrogen-bond donors (Lipinski definition) is 1. The minimum Gasteiger partial charge on any atom is -0.451 e. The van der Waals surface area contributed by atoms with Crippen molar-refractivity contribution in [2.24, 2.45) is 0 Å². The third-order valence-electron chi connectivity index (χ3n) is 5.94. The monoisotopic (exact) mass is 435 g/mol. The Morgan fingerprint density at radius 1 is 1.03 bits per heavy atom. The molecule has 170 valence electrons. The normalized spacial score (nSPS) is 15.5. The van der Waals surface area contributed by atoms with Crippen molar-refractivity contribution in [3.63, 3.8) is 0 Å². The largest absolute Gasteiger partial charge is 0.451 e. The number of amides is 1. The first kappa shape index (κ1) is 22.5. The van der Waals surface area contributed by atoms with E-state index in [1.807, 2.05) is 38.1 Å². The molecule has 6 heteroatoms. The van der Waals surface area contributed by atoms with Crippen LogP contribution in [-0.4, -0.2) is 55.0 Å². The molecule has 4 rings (SSSR count). The van der Waals surface area contributed by atoms with Crippen LogP contribution in [0.2, 0.25) is 0 Å². The summed E-state index contributed by atoms with van der Waals surface area (Å²) in [5.74, 6) is 0.114. The second kappa shape index (κ2) is 10.3. The van der Waals surface area contributed by atoms with Crippen LogP contribution in [0.4, 0.5) is 0 Å². The molecular formula is C26H33N3O3. The maximum atomic E-state index is 12.9. The summed E-state index contributed by atoms with van der Waals surface area (Å²) in [5.41, 5.74) is 3.87. The van der Waals surface area contributed by atoms with Gasteiger partial charge in [0.15, 0.2) is 5.76 Å². The summed E-state index contributed by atoms with van der Waals surface area (Å²) in [6, 6.07) is 16.2. The number of ether oxygens (including phenoxy) is 1. The Morgan fingerprint density at radius 2 is 1.72 bits per heavy atom. The number of likely N-dealkylation sites (N-methyl/N-ethyl adjacent to an activating group) is 1. The predicted octanol–water partition coefficient (Wildman–Crippen LogP) is 4.04. The standard InChI is InChI=1S/C26H33N3O3/c1-19(2)31-18-23-22-6-4-5-7-24(22)32-25(23)26(30)27-16-20-8-10-21(11-9-20)17-29-14-12-28(3)13-15-29/h4-11,19H,12-18H2,1-3H3,(H,27,30). The highest BCUT2D eigenvalue weighted by Gasteiger charge is 2.21. The molecule has 0 unspecified atom stereocenters. The molecule has 1 saturated heterocycles. The van der Waals surface area contributed by atoms with Gasteiger partial charge in [-0.2, -0.15) is 0 Å². The van der Waals surface area contributed by atoms with Crippen LogP contribution in [0.15, 0.2) is 52.9 Å². The van der Waals surface area contributed by atoms with Gasteiger partial charge in [-0.3, -0.25) is 9.69 Å². The highest BCUT2D eigenvalue weighted by Crippen LogP contribution is 2.27. The molecular weight excluding hydrogens is 402 g/mol. The number of nitrogens with one attached hydrogen (secondary N) is 1. The molecule has 1 N–H and O–H groups in total. The molecule has 32 heavy (non-hydrogen) atoms. The van der Waals surface area contributed by atoms with Crippen molar-refractivity contribution in [3.8, 4) is 0 Å². The van der Waals surface area contributed by atoms with E-state index in [0.717, 1.165) is 49.2 Å². The number of benzene rings is 2. The first-order valence-electron chi connectivity index (χ1n) is 11.4. The highest BCUT2D eigenvalue weighted by molar-refractivity contribution is 5.99. The van der Waals surface area contributed by atoms with Crippen LogP contribution in [0.3, 0.4) is 0 Å². The summed E-state index contributed by atoms with van der Waals surface area (Å²) in [6.45, 7) is 10.2. The van der Waals surface area contributed by atoms with Crippen LogP contribution in [0, 0.1) is 0 Å². The quantitative estimate of drug-likeness (QED) is 0.579. The third kappa shape index (κ3) is 5.57. The first-order valence-corrected chi connectivity index (χ1v) is 11.4. The molecule has 2 heterocycles. The predicted molar refractivity (Wildman–Crippen MR) is 127 cm³/mol. The van der Waals surface area contributed by atoms with E-state index in [-0.39, 0.29) is 12.0 Å². The number of furan rings is 1. The van der Waals surface area contributed by atoms with E-state index in [1.165, 1.54) is 5.56 Å². The van der Waals surface area contributed by atoms with Crippen LogP contribution in [0.1, 0.15) is 41.1 Å². The lowest BCUT2D eigenvalue weighted by Crippen LogP contribution is -2.43. The summed E-state index contributed by atoms with van der Waals surface area (Å²) in [7, 11) is 2.17. The Balaban J connectivity index is 1.38. The summed E-state index contributed by atoms with van der Waals surface area (Å²) in [6.07, 6.45) is 0.0731. The molecule has 0 bridgehead atoms. The number of fused-ring (bicyclic) bond motifs is 1. The van der Waals surface area contributed by atoms with Gasteiger partial charge in [0.1, 0.15) is 5.58 Å². The van der Waals surface area contributed by atoms with Gasteiger partial charge in [-0.15, -0.1) is 0 Å². The average Bonchev–Trinajstić information content (AvgIpc) is 3.17. The second-order valence-electron chi connectivity index (χ2n) is 8.84. The van der Waals surface area contributed by atoms with Crippen molar-refractivity contribution in [2.45, 2.75) is 39.6 Å². The molecule has 1 aliphatic heterocycles. The van der Waals surface area contributed by atoms with Gasteiger partial charge in [0.25, 0.3) is 5.91 Å². The van der Waals surface area contributed by atoms with E-state index in [2.05, 4.69) is 46.4 Å². The van der Waals surface area contributed by atoms with Crippen molar-refractivity contribution in [2.75, 3.05) is 33.2 Å². The van der Waals surface area contributed by atoms with Crippen molar-refractivity contribution in [1.29, 1.82) is 0 Å². The molecule has 0 radical (unpaired) electrons. The summed E-state index contributed by atoms with van der Waals surface area (Å²) in [4.78, 5) is 17.8. The molecule has 0 saturated carbocycles. The minimum absolute atomic E-state index is 0.0731. The van der Waals surface area contributed by atoms with Gasteiger partial charge < -0.3 is 19.4 Å². The second-order valence-corrected chi connectivity index (χ2v) is 8.84. The van der Waals surface area contributed by atoms with Gasteiger partial charge in [-0.25, -0.2) is 0 Å². The lowest BCUT2D eigenvalue weighted by molar-refractivity contribution is 0.0643. The molecule has 1 amide bonds. The molecule has 1 aromatic heterocycles. The fourth-order valence-electron chi connectivity index (χ4n) is 3.96. The van der Waals surface area contributed by atoms with Gasteiger partial charge in [-0.05, 0) is 38.1 Å². The van der Waals surface area contributed by atoms with E-state index >= 15 is 0 Å². The van der Waals surface area contributed by atoms with Crippen LogP contribution in [0.5, 0.6) is 0 Å². The van der Waals surface area contributed by atoms with Crippen molar-refractivity contribution >= 4 is 16.9 Å². The van der Waals surface area contributed by atoms with Crippen molar-refractivity contribution < 1.29 is 13.9 Å². The van der Waals surface area contributed by atoms with Crippen LogP contribution in [0.25, 0.3) is 11.0 Å². The first-order chi connectivity index (χ1) is 15.5. The average molecular weight is 436 g/mol. The molecule has 6 nitrogen and oxygen atoms in total. The van der Waals surface area contributed by atoms with E-state index < -0.39 is 0 Å². The van der Waals surface area contributed by atoms with Crippen LogP contribution < -0.4 is 5.32 Å². The van der Waals surface area contributed by atoms with Gasteiger partial charge in [0.05, 0.1) is 12.7 Å². The van der Waals surface area contributed by atoms with Crippen LogP contribution >= 0.6 is 0 Å². The number of hydrogen-bond acceptors (Lipinski definition) is 5. The number of piperazine rings is 1. The van der Waals surface area contributed by atoms with Gasteiger partial charge in [-0.1, -0.05) is 42.5 Å². The topological polar surface area (TPSA) is 58.0 Å². The lowest BCUT2D eigenvalue weighted by atomic mass is 10.1. The number of para-hydroxylation sites is 1. The maximum absolute atomic E-state index is 12.9. The van der Waals surface area contributed by atoms with Crippen molar-refractivity contribution in [1.82, 2.24) is 15.1 Å². The molecule has 1 aliphatic rings. The fraction of sp³-hybridized carbons (Fsp3) is 0.423. The molecule has 3 aromatic rings. The Labute approximate surface area is 190 Å². The minimum atomic E-state index is -0.218. The zero-order chi connectivity index (χ0) is 22.5. The molecule has 0 aliphatic carbocycles. The number of carbonyl (C=O) groups excluding carboxylic acids is 1. The van der Waals surface area contributed by atoms with Crippen molar-refractivity contribution in [3.05, 3.63) is 71.0 Å². The fourth-order valence-corrected chi connectivity index (χ4v) is 3.96. The summed E-state index contributed by atoms with van der Waals surface area (Å²) < 4.78 is 11.7. The SMILES string of the molecule is CC(C)OCc1c(C(=O)NCc2ccc(CN3CCN(C)CC3)cc2)oc2ccccc12. The zero-order valence-electron chi connectivity index (χ0n) is 19.3. The van der Waals surface area contributed by atoms with Gasteiger partial charge >= 0.3 is 0 Å². The molecule has 0 spiro atoms. The molecule has 0 atom stereocenters. The Kier molecular flexibility index (Phi) is 7.25. The lowest BCUT2D eigenvalue weighted by Gasteiger charge is -2.32. The van der Waals surface area contributed by atoms with E-state index in [9.17, 15) is 4.79 Å². The molecule has 1 fully saturated rings. The highest BCUT2D eigenvalue weighted by atomic mass is 16.5. The summed E-state index contributed by atoms with van der Waals surface area (Å²) in [5, 5.41) is 3.93. The number of rotatable bonds is 8. The van der Waals surface area contributed by atoms with Gasteiger partial charge in [0.2, 0.25) is 0 Å². The Hall–Kier alpha value is -2.67. The molecule has 2 aromatic carbocycles. The Bertz CT molecular complexity index is 1030. The number of nitrogens with zero attached hydrogens (tertiary/aromatic N) is 2. The van der Waals surface area contributed by atoms with E-state index in [4.69, 9.17) is 9.15 Å². The van der Waals surface area contributed by atoms with Crippen LogP contribution in [-0.2, 0) is 24.4 Å². The van der Waals surface area contributed by atoms with E-state index in [1.54, 1.807) is 0 Å². The Morgan fingerprint density at radius 3 is 2.44 bits per heavy atom. The van der Waals surface area contributed by atoms with Gasteiger partial charge in [0, 0.05) is 50.2 Å². The maximum Gasteiger partial charge on any atom is 0.287 e. The van der Waals surface area contributed by atoms with E-state index in [0.29, 0.717) is 24.5 Å². The smallest absolute Gasteiger partial charge is 0.287 e. The number of carbonyl (C=O) groups is 1. The third-order valence-corrected chi connectivity index (χ3v) is 5.94. The summed E-state index contributed by atoms with van der Waals surface area (Å²) >= 11 is 0. The zero-order valence-corrected chi connectivity index (χ0v) is 19.3.